The Morgan fingerprint density at radius 1 is 0.966 bits per heavy atom. The highest BCUT2D eigenvalue weighted by Gasteiger charge is 2.20. The van der Waals surface area contributed by atoms with Crippen LogP contribution >= 0.6 is 23.2 Å². The fourth-order valence-corrected chi connectivity index (χ4v) is 3.92. The second-order valence-electron chi connectivity index (χ2n) is 6.07. The minimum absolute atomic E-state index is 0.00448. The van der Waals surface area contributed by atoms with Gasteiger partial charge in [-0.2, -0.15) is 5.26 Å². The van der Waals surface area contributed by atoms with Gasteiger partial charge in [-0.3, -0.25) is 0 Å². The number of ether oxygens (including phenoxy) is 1. The zero-order valence-electron chi connectivity index (χ0n) is 15.0. The molecule has 0 radical (unpaired) electrons. The second kappa shape index (κ2) is 9.15. The summed E-state index contributed by atoms with van der Waals surface area (Å²) in [7, 11) is -3.95. The number of nitrogens with zero attached hydrogens (tertiary/aromatic N) is 1. The van der Waals surface area contributed by atoms with Crippen LogP contribution in [0.2, 0.25) is 10.0 Å². The molecule has 0 aliphatic rings. The molecule has 7 heteroatoms. The molecule has 0 fully saturated rings. The number of allylic oxidation sites excluding steroid dienone is 1. The third-order valence-corrected chi connectivity index (χ3v) is 6.18. The van der Waals surface area contributed by atoms with Crippen molar-refractivity contribution >= 4 is 39.1 Å². The van der Waals surface area contributed by atoms with Gasteiger partial charge in [-0.1, -0.05) is 47.5 Å². The highest BCUT2D eigenvalue weighted by atomic mass is 35.5. The summed E-state index contributed by atoms with van der Waals surface area (Å²) < 4.78 is 31.2. The first-order chi connectivity index (χ1) is 13.9. The van der Waals surface area contributed by atoms with Crippen molar-refractivity contribution in [3.05, 3.63) is 98.9 Å². The van der Waals surface area contributed by atoms with Crippen molar-refractivity contribution in [1.29, 1.82) is 5.26 Å². The first kappa shape index (κ1) is 20.9. The van der Waals surface area contributed by atoms with Crippen molar-refractivity contribution in [2.75, 3.05) is 0 Å². The molecule has 0 unspecified atom stereocenters. The molecule has 3 aromatic rings. The normalized spacial score (nSPS) is 11.7. The molecule has 0 N–H and O–H groups in total. The van der Waals surface area contributed by atoms with Crippen molar-refractivity contribution in [2.45, 2.75) is 11.5 Å². The van der Waals surface area contributed by atoms with Gasteiger partial charge in [0.15, 0.2) is 0 Å². The van der Waals surface area contributed by atoms with Crippen molar-refractivity contribution in [3.63, 3.8) is 0 Å². The number of rotatable bonds is 6. The van der Waals surface area contributed by atoms with Crippen LogP contribution in [0, 0.1) is 11.3 Å². The summed E-state index contributed by atoms with van der Waals surface area (Å²) in [5, 5.41) is 10.5. The van der Waals surface area contributed by atoms with E-state index in [0.717, 1.165) is 5.56 Å². The molecule has 0 aliphatic heterocycles. The van der Waals surface area contributed by atoms with E-state index >= 15 is 0 Å². The van der Waals surface area contributed by atoms with Crippen LogP contribution in [0.3, 0.4) is 0 Å². The van der Waals surface area contributed by atoms with Crippen LogP contribution in [0.15, 0.2) is 82.6 Å². The van der Waals surface area contributed by atoms with Gasteiger partial charge in [0, 0.05) is 10.0 Å². The van der Waals surface area contributed by atoms with Gasteiger partial charge in [0.05, 0.1) is 4.90 Å². The maximum Gasteiger partial charge on any atom is 0.216 e. The lowest BCUT2D eigenvalue weighted by Crippen LogP contribution is -2.03. The van der Waals surface area contributed by atoms with E-state index < -0.39 is 9.84 Å². The lowest BCUT2D eigenvalue weighted by atomic mass is 10.2. The molecule has 0 atom stereocenters. The van der Waals surface area contributed by atoms with E-state index in [-0.39, 0.29) is 9.80 Å². The molecule has 4 nitrogen and oxygen atoms in total. The average Bonchev–Trinajstić information content (AvgIpc) is 2.72. The van der Waals surface area contributed by atoms with Gasteiger partial charge in [-0.05, 0) is 65.7 Å². The zero-order valence-corrected chi connectivity index (χ0v) is 17.4. The maximum absolute atomic E-state index is 12.7. The van der Waals surface area contributed by atoms with Gasteiger partial charge in [0.1, 0.15) is 23.3 Å². The molecule has 0 saturated heterocycles. The highest BCUT2D eigenvalue weighted by molar-refractivity contribution is 7.95. The minimum atomic E-state index is -3.95. The quantitative estimate of drug-likeness (QED) is 0.444. The molecule has 0 bridgehead atoms. The van der Waals surface area contributed by atoms with Crippen molar-refractivity contribution in [1.82, 2.24) is 0 Å². The van der Waals surface area contributed by atoms with Gasteiger partial charge in [0.2, 0.25) is 9.84 Å². The summed E-state index contributed by atoms with van der Waals surface area (Å²) in [6.07, 6.45) is 1.32. The molecule has 0 heterocycles. The summed E-state index contributed by atoms with van der Waals surface area (Å²) in [4.78, 5) is -0.362. The smallest absolute Gasteiger partial charge is 0.216 e. The molecule has 0 spiro atoms. The summed E-state index contributed by atoms with van der Waals surface area (Å²) in [5.41, 5.74) is 1.48. The standard InChI is InChI=1S/C22H15Cl2NO3S/c23-18-6-4-16(5-7-18)15-28-20-3-1-2-17(12-20)13-22(14-25)29(26,27)21-10-8-19(24)9-11-21/h1-13H,15H2. The molecule has 3 aromatic carbocycles. The number of nitriles is 1. The number of hydrogen-bond donors (Lipinski definition) is 0. The number of hydrogen-bond acceptors (Lipinski definition) is 4. The maximum atomic E-state index is 12.7. The Labute approximate surface area is 179 Å². The Morgan fingerprint density at radius 3 is 2.21 bits per heavy atom. The van der Waals surface area contributed by atoms with Gasteiger partial charge in [-0.25, -0.2) is 8.42 Å². The van der Waals surface area contributed by atoms with E-state index in [1.54, 1.807) is 42.5 Å². The highest BCUT2D eigenvalue weighted by Crippen LogP contribution is 2.24. The van der Waals surface area contributed by atoms with Crippen LogP contribution < -0.4 is 4.74 Å². The van der Waals surface area contributed by atoms with Crippen LogP contribution in [0.25, 0.3) is 6.08 Å². The summed E-state index contributed by atoms with van der Waals surface area (Å²) in [6, 6.07) is 21.6. The largest absolute Gasteiger partial charge is 0.489 e. The molecule has 146 valence electrons. The van der Waals surface area contributed by atoms with Gasteiger partial charge >= 0.3 is 0 Å². The predicted molar refractivity (Wildman–Crippen MR) is 114 cm³/mol. The Bertz CT molecular complexity index is 1180. The van der Waals surface area contributed by atoms with Crippen molar-refractivity contribution < 1.29 is 13.2 Å². The number of sulfone groups is 1. The average molecular weight is 444 g/mol. The van der Waals surface area contributed by atoms with E-state index in [2.05, 4.69) is 0 Å². The van der Waals surface area contributed by atoms with E-state index in [1.165, 1.54) is 30.3 Å². The molecule has 3 rings (SSSR count). The van der Waals surface area contributed by atoms with Crippen LogP contribution in [0.4, 0.5) is 0 Å². The lowest BCUT2D eigenvalue weighted by molar-refractivity contribution is 0.306. The molecule has 29 heavy (non-hydrogen) atoms. The van der Waals surface area contributed by atoms with E-state index in [9.17, 15) is 13.7 Å². The zero-order chi connectivity index (χ0) is 20.9. The van der Waals surface area contributed by atoms with Gasteiger partial charge < -0.3 is 4.74 Å². The van der Waals surface area contributed by atoms with E-state index in [4.69, 9.17) is 27.9 Å². The third-order valence-electron chi connectivity index (χ3n) is 4.00. The van der Waals surface area contributed by atoms with E-state index in [1.807, 2.05) is 12.1 Å². The fraction of sp³-hybridized carbons (Fsp3) is 0.0455. The molecule has 0 aromatic heterocycles. The molecule has 0 saturated carbocycles. The van der Waals surface area contributed by atoms with Crippen LogP contribution in [-0.2, 0) is 16.4 Å². The first-order valence-electron chi connectivity index (χ1n) is 8.48. The summed E-state index contributed by atoms with van der Waals surface area (Å²) in [5.74, 6) is 0.551. The lowest BCUT2D eigenvalue weighted by Gasteiger charge is -2.08. The predicted octanol–water partition coefficient (Wildman–Crippen LogP) is 5.91. The Hall–Kier alpha value is -2.78. The van der Waals surface area contributed by atoms with Gasteiger partial charge in [-0.15, -0.1) is 0 Å². The summed E-state index contributed by atoms with van der Waals surface area (Å²) in [6.45, 7) is 0.332. The number of halogens is 2. The summed E-state index contributed by atoms with van der Waals surface area (Å²) >= 11 is 11.7. The van der Waals surface area contributed by atoms with Crippen LogP contribution in [-0.4, -0.2) is 8.42 Å². The third kappa shape index (κ3) is 5.39. The molecule has 0 amide bonds. The van der Waals surface area contributed by atoms with Crippen molar-refractivity contribution in [3.8, 4) is 11.8 Å². The Balaban J connectivity index is 1.82. The fourth-order valence-electron chi connectivity index (χ4n) is 2.50. The van der Waals surface area contributed by atoms with E-state index in [0.29, 0.717) is 28.0 Å². The SMILES string of the molecule is N#CC(=Cc1cccc(OCc2ccc(Cl)cc2)c1)S(=O)(=O)c1ccc(Cl)cc1. The van der Waals surface area contributed by atoms with Crippen LogP contribution in [0.1, 0.15) is 11.1 Å². The molecule has 0 aliphatic carbocycles. The Kier molecular flexibility index (Phi) is 6.60. The monoisotopic (exact) mass is 443 g/mol. The Morgan fingerprint density at radius 2 is 1.59 bits per heavy atom. The van der Waals surface area contributed by atoms with Crippen molar-refractivity contribution in [2.24, 2.45) is 0 Å². The van der Waals surface area contributed by atoms with Crippen LogP contribution in [0.5, 0.6) is 5.75 Å². The first-order valence-corrected chi connectivity index (χ1v) is 10.7. The molecular formula is C22H15Cl2NO3S. The molecular weight excluding hydrogens is 429 g/mol. The second-order valence-corrected chi connectivity index (χ2v) is 8.86. The topological polar surface area (TPSA) is 67.2 Å². The van der Waals surface area contributed by atoms with Gasteiger partial charge in [0.25, 0.3) is 0 Å². The number of benzene rings is 3. The minimum Gasteiger partial charge on any atom is -0.489 e.